The number of halogens is 2. The summed E-state index contributed by atoms with van der Waals surface area (Å²) in [7, 11) is 1.39. The predicted molar refractivity (Wildman–Crippen MR) is 172 cm³/mol. The van der Waals surface area contributed by atoms with Crippen LogP contribution in [0.15, 0.2) is 77.6 Å². The topological polar surface area (TPSA) is 106 Å². The molecule has 0 spiro atoms. The lowest BCUT2D eigenvalue weighted by Gasteiger charge is -2.30. The van der Waals surface area contributed by atoms with Crippen LogP contribution in [0.1, 0.15) is 60.2 Å². The standard InChI is InChI=1S/C37H34F2N4O4/c1-37(23-6-3-5-22(17-23)8-13-34(44)45-2)15-4-7-25-20-41-33(46-25)12-10-27-26-14-16-40-31(26)19-30(39)35(27)47-24-9-11-29(38)28(18-24)36-42-21-32(37)43-36/h3,5-6,9,11,14,16-21,40H,4,7-8,10,12-13,15H2,1-2H3,(H,42,43). The third-order valence-electron chi connectivity index (χ3n) is 9.15. The smallest absolute Gasteiger partial charge is 0.305 e. The molecule has 6 aromatic rings. The largest absolute Gasteiger partial charge is 0.469 e. The van der Waals surface area contributed by atoms with E-state index >= 15 is 8.78 Å². The predicted octanol–water partition coefficient (Wildman–Crippen LogP) is 8.15. The first-order valence-corrected chi connectivity index (χ1v) is 15.7. The number of carbonyl (C=O) groups excluding carboxylic acids is 1. The van der Waals surface area contributed by atoms with E-state index in [1.807, 2.05) is 18.2 Å². The number of imidazole rings is 1. The number of ether oxygens (including phenoxy) is 2. The van der Waals surface area contributed by atoms with E-state index in [2.05, 4.69) is 39.0 Å². The zero-order valence-corrected chi connectivity index (χ0v) is 26.2. The van der Waals surface area contributed by atoms with Crippen LogP contribution in [0, 0.1) is 11.6 Å². The lowest BCUT2D eigenvalue weighted by molar-refractivity contribution is -0.140. The average molecular weight is 637 g/mol. The van der Waals surface area contributed by atoms with Gasteiger partial charge < -0.3 is 23.9 Å². The van der Waals surface area contributed by atoms with E-state index in [4.69, 9.17) is 13.9 Å². The molecule has 0 fully saturated rings. The molecule has 0 aliphatic carbocycles. The van der Waals surface area contributed by atoms with Crippen molar-refractivity contribution in [1.82, 2.24) is 19.9 Å². The number of H-pyrrole nitrogens is 2. The van der Waals surface area contributed by atoms with Crippen molar-refractivity contribution in [2.75, 3.05) is 7.11 Å². The molecular weight excluding hydrogens is 602 g/mol. The van der Waals surface area contributed by atoms with E-state index in [0.717, 1.165) is 40.8 Å². The molecule has 8 nitrogen and oxygen atoms in total. The number of fused-ring (bicyclic) bond motifs is 10. The number of oxazole rings is 1. The molecule has 2 N–H and O–H groups in total. The number of hydrogen-bond acceptors (Lipinski definition) is 6. The molecule has 1 aliphatic rings. The summed E-state index contributed by atoms with van der Waals surface area (Å²) in [4.78, 5) is 27.4. The van der Waals surface area contributed by atoms with Gasteiger partial charge in [-0.3, -0.25) is 4.79 Å². The molecule has 7 rings (SSSR count). The van der Waals surface area contributed by atoms with Crippen molar-refractivity contribution in [3.8, 4) is 22.9 Å². The summed E-state index contributed by atoms with van der Waals surface area (Å²) >= 11 is 0. The van der Waals surface area contributed by atoms with Gasteiger partial charge in [-0.1, -0.05) is 24.3 Å². The fourth-order valence-corrected chi connectivity index (χ4v) is 6.47. The lowest BCUT2D eigenvalue weighted by atomic mass is 9.75. The molecule has 4 heterocycles. The van der Waals surface area contributed by atoms with E-state index in [-0.39, 0.29) is 29.5 Å². The van der Waals surface area contributed by atoms with E-state index in [0.29, 0.717) is 48.5 Å². The van der Waals surface area contributed by atoms with Crippen LogP contribution in [-0.2, 0) is 40.6 Å². The van der Waals surface area contributed by atoms with Crippen molar-refractivity contribution in [3.63, 3.8) is 0 Å². The molecule has 3 aromatic carbocycles. The Morgan fingerprint density at radius 3 is 2.79 bits per heavy atom. The number of aryl methyl sites for hydroxylation is 4. The highest BCUT2D eigenvalue weighted by molar-refractivity contribution is 5.85. The first-order chi connectivity index (χ1) is 22.8. The monoisotopic (exact) mass is 636 g/mol. The van der Waals surface area contributed by atoms with Gasteiger partial charge in [0.15, 0.2) is 17.5 Å². The molecule has 1 aliphatic heterocycles. The second-order valence-electron chi connectivity index (χ2n) is 12.2. The number of carbonyl (C=O) groups is 1. The molecule has 1 atom stereocenters. The van der Waals surface area contributed by atoms with Crippen molar-refractivity contribution in [2.45, 2.75) is 57.3 Å². The number of nitrogens with zero attached hydrogens (tertiary/aromatic N) is 2. The van der Waals surface area contributed by atoms with Crippen LogP contribution in [-0.4, -0.2) is 33.0 Å². The number of aromatic nitrogens is 4. The molecular formula is C37H34F2N4O4. The molecule has 240 valence electrons. The van der Waals surface area contributed by atoms with E-state index in [1.54, 1.807) is 18.6 Å². The van der Waals surface area contributed by atoms with Crippen molar-refractivity contribution < 1.29 is 27.5 Å². The third-order valence-corrected chi connectivity index (χ3v) is 9.15. The maximum absolute atomic E-state index is 15.6. The Bertz CT molecular complexity index is 2080. The molecule has 10 heteroatoms. The Hall–Kier alpha value is -5.25. The van der Waals surface area contributed by atoms with Crippen molar-refractivity contribution in [3.05, 3.63) is 119 Å². The van der Waals surface area contributed by atoms with Gasteiger partial charge in [0.25, 0.3) is 0 Å². The van der Waals surface area contributed by atoms with Crippen molar-refractivity contribution in [2.24, 2.45) is 0 Å². The Kier molecular flexibility index (Phi) is 8.09. The number of esters is 1. The van der Waals surface area contributed by atoms with Gasteiger partial charge in [-0.2, -0.15) is 0 Å². The van der Waals surface area contributed by atoms with Crippen molar-refractivity contribution in [1.29, 1.82) is 0 Å². The molecule has 6 bridgehead atoms. The summed E-state index contributed by atoms with van der Waals surface area (Å²) in [6, 6.07) is 15.7. The molecule has 0 saturated heterocycles. The van der Waals surface area contributed by atoms with Crippen LogP contribution >= 0.6 is 0 Å². The quantitative estimate of drug-likeness (QED) is 0.189. The number of benzene rings is 3. The van der Waals surface area contributed by atoms with Crippen LogP contribution in [0.2, 0.25) is 0 Å². The highest BCUT2D eigenvalue weighted by atomic mass is 19.1. The molecule has 1 unspecified atom stereocenters. The van der Waals surface area contributed by atoms with Gasteiger partial charge in [0.05, 0.1) is 18.9 Å². The number of methoxy groups -OCH3 is 1. The second kappa shape index (κ2) is 12.5. The maximum atomic E-state index is 15.6. The van der Waals surface area contributed by atoms with Crippen LogP contribution < -0.4 is 4.74 Å². The Morgan fingerprint density at radius 2 is 1.91 bits per heavy atom. The van der Waals surface area contributed by atoms with Crippen LogP contribution in [0.4, 0.5) is 8.78 Å². The van der Waals surface area contributed by atoms with E-state index in [9.17, 15) is 4.79 Å². The zero-order chi connectivity index (χ0) is 32.5. The van der Waals surface area contributed by atoms with Crippen LogP contribution in [0.25, 0.3) is 22.3 Å². The summed E-state index contributed by atoms with van der Waals surface area (Å²) in [6.45, 7) is 2.13. The number of aromatic amines is 2. The Balaban J connectivity index is 1.31. The minimum Gasteiger partial charge on any atom is -0.469 e. The number of hydrogen-bond donors (Lipinski definition) is 2. The summed E-state index contributed by atoms with van der Waals surface area (Å²) in [5.41, 5.74) is 3.82. The second-order valence-corrected chi connectivity index (χ2v) is 12.2. The fraction of sp³-hybridized carbons (Fsp3) is 0.270. The molecule has 3 aromatic heterocycles. The van der Waals surface area contributed by atoms with Crippen molar-refractivity contribution >= 4 is 16.9 Å². The molecule has 0 amide bonds. The summed E-state index contributed by atoms with van der Waals surface area (Å²) < 4.78 is 48.1. The fourth-order valence-electron chi connectivity index (χ4n) is 6.47. The van der Waals surface area contributed by atoms with Gasteiger partial charge in [0.2, 0.25) is 0 Å². The van der Waals surface area contributed by atoms with Crippen LogP contribution in [0.3, 0.4) is 0 Å². The zero-order valence-electron chi connectivity index (χ0n) is 26.2. The summed E-state index contributed by atoms with van der Waals surface area (Å²) in [5.74, 6) is 0.715. The first-order valence-electron chi connectivity index (χ1n) is 15.7. The Labute approximate surface area is 270 Å². The third kappa shape index (κ3) is 6.03. The highest BCUT2D eigenvalue weighted by Crippen LogP contribution is 2.40. The van der Waals surface area contributed by atoms with Gasteiger partial charge in [0.1, 0.15) is 23.2 Å². The van der Waals surface area contributed by atoms with Crippen LogP contribution in [0.5, 0.6) is 11.5 Å². The number of rotatable bonds is 4. The SMILES string of the molecule is COC(=O)CCc1cccc(C2(C)CCCc3cnc(o3)CCc3c(c(F)cc4[nH]ccc34)Oc3ccc(F)c(c3)-c3ncc2[nH]3)c1. The minimum absolute atomic E-state index is 0.0716. The van der Waals surface area contributed by atoms with Gasteiger partial charge in [0, 0.05) is 65.3 Å². The van der Waals surface area contributed by atoms with Gasteiger partial charge in [-0.25, -0.2) is 18.7 Å². The maximum Gasteiger partial charge on any atom is 0.305 e. The molecule has 47 heavy (non-hydrogen) atoms. The lowest BCUT2D eigenvalue weighted by Crippen LogP contribution is -2.25. The van der Waals surface area contributed by atoms with E-state index in [1.165, 1.54) is 31.4 Å². The first kappa shape index (κ1) is 30.4. The van der Waals surface area contributed by atoms with Gasteiger partial charge in [-0.05, 0) is 68.0 Å². The highest BCUT2D eigenvalue weighted by Gasteiger charge is 2.32. The normalized spacial score (nSPS) is 16.6. The minimum atomic E-state index is -0.546. The Morgan fingerprint density at radius 1 is 1.02 bits per heavy atom. The van der Waals surface area contributed by atoms with Gasteiger partial charge in [-0.15, -0.1) is 0 Å². The summed E-state index contributed by atoms with van der Waals surface area (Å²) in [6.07, 6.45) is 9.07. The molecule has 0 radical (unpaired) electrons. The average Bonchev–Trinajstić information content (AvgIpc) is 3.86. The molecule has 0 saturated carbocycles. The summed E-state index contributed by atoms with van der Waals surface area (Å²) in [5, 5.41) is 0.828. The van der Waals surface area contributed by atoms with Gasteiger partial charge >= 0.3 is 5.97 Å². The number of nitrogens with one attached hydrogen (secondary N) is 2. The van der Waals surface area contributed by atoms with E-state index < -0.39 is 17.0 Å².